The van der Waals surface area contributed by atoms with Gasteiger partial charge in [0.05, 0.1) is 0 Å². The summed E-state index contributed by atoms with van der Waals surface area (Å²) in [5.74, 6) is 0.194. The van der Waals surface area contributed by atoms with E-state index < -0.39 is 0 Å². The van der Waals surface area contributed by atoms with Crippen LogP contribution in [0.25, 0.3) is 0 Å². The zero-order chi connectivity index (χ0) is 23.8. The molecule has 182 valence electrons. The second kappa shape index (κ2) is 12.2. The van der Waals surface area contributed by atoms with Crippen LogP contribution in [0.2, 0.25) is 5.02 Å². The number of anilines is 1. The molecule has 2 heterocycles. The molecule has 4 rings (SSSR count). The minimum atomic E-state index is -0.102. The first-order valence-corrected chi connectivity index (χ1v) is 12.9. The van der Waals surface area contributed by atoms with Gasteiger partial charge < -0.3 is 20.4 Å². The summed E-state index contributed by atoms with van der Waals surface area (Å²) >= 11 is 5.93. The molecule has 6 nitrogen and oxygen atoms in total. The van der Waals surface area contributed by atoms with Crippen molar-refractivity contribution >= 4 is 29.2 Å². The van der Waals surface area contributed by atoms with E-state index in [9.17, 15) is 9.59 Å². The topological polar surface area (TPSA) is 64.7 Å². The van der Waals surface area contributed by atoms with Crippen LogP contribution in [-0.2, 0) is 0 Å². The molecule has 0 unspecified atom stereocenters. The summed E-state index contributed by atoms with van der Waals surface area (Å²) in [7, 11) is 0. The van der Waals surface area contributed by atoms with E-state index in [0.717, 1.165) is 50.3 Å². The van der Waals surface area contributed by atoms with Gasteiger partial charge in [-0.25, -0.2) is 4.79 Å². The van der Waals surface area contributed by atoms with Gasteiger partial charge in [-0.1, -0.05) is 36.6 Å². The highest BCUT2D eigenvalue weighted by atomic mass is 35.5. The van der Waals surface area contributed by atoms with E-state index in [1.165, 1.54) is 25.7 Å². The van der Waals surface area contributed by atoms with Crippen LogP contribution in [0, 0.1) is 0 Å². The predicted molar refractivity (Wildman–Crippen MR) is 138 cm³/mol. The van der Waals surface area contributed by atoms with Crippen LogP contribution in [-0.4, -0.2) is 61.0 Å². The van der Waals surface area contributed by atoms with Crippen molar-refractivity contribution in [1.29, 1.82) is 0 Å². The number of urea groups is 1. The highest BCUT2D eigenvalue weighted by Crippen LogP contribution is 2.28. The lowest BCUT2D eigenvalue weighted by Crippen LogP contribution is -2.41. The van der Waals surface area contributed by atoms with Gasteiger partial charge in [-0.05, 0) is 80.7 Å². The first kappa shape index (κ1) is 24.6. The summed E-state index contributed by atoms with van der Waals surface area (Å²) in [6, 6.07) is 14.9. The molecular formula is C27H35ClN4O2. The Kier molecular flexibility index (Phi) is 8.83. The van der Waals surface area contributed by atoms with Gasteiger partial charge in [0.2, 0.25) is 0 Å². The first-order chi connectivity index (χ1) is 16.6. The Labute approximate surface area is 207 Å². The zero-order valence-corrected chi connectivity index (χ0v) is 20.5. The number of likely N-dealkylation sites (tertiary alicyclic amines) is 2. The number of nitrogens with one attached hydrogen (secondary N) is 2. The summed E-state index contributed by atoms with van der Waals surface area (Å²) in [5, 5.41) is 6.69. The zero-order valence-electron chi connectivity index (χ0n) is 19.8. The van der Waals surface area contributed by atoms with Crippen LogP contribution in [0.15, 0.2) is 48.5 Å². The number of carbonyl (C=O) groups is 2. The van der Waals surface area contributed by atoms with E-state index in [1.54, 1.807) is 24.3 Å². The molecule has 2 aliphatic rings. The molecule has 0 bridgehead atoms. The summed E-state index contributed by atoms with van der Waals surface area (Å²) < 4.78 is 0. The summed E-state index contributed by atoms with van der Waals surface area (Å²) in [6.45, 7) is 5.22. The normalized spacial score (nSPS) is 19.3. The maximum Gasteiger partial charge on any atom is 0.321 e. The van der Waals surface area contributed by atoms with Crippen molar-refractivity contribution in [2.24, 2.45) is 0 Å². The quantitative estimate of drug-likeness (QED) is 0.582. The SMILES string of the molecule is O=C(NCCN1CCCCCC1)c1cccc([C@@H]2CCCN(C(=O)Nc3ccc(Cl)cc3)C2)c1. The van der Waals surface area contributed by atoms with Gasteiger partial charge in [-0.3, -0.25) is 4.79 Å². The fraction of sp³-hybridized carbons (Fsp3) is 0.481. The number of amides is 3. The van der Waals surface area contributed by atoms with E-state index in [0.29, 0.717) is 23.7 Å². The van der Waals surface area contributed by atoms with E-state index in [2.05, 4.69) is 21.6 Å². The first-order valence-electron chi connectivity index (χ1n) is 12.5. The van der Waals surface area contributed by atoms with Gasteiger partial charge in [-0.2, -0.15) is 0 Å². The van der Waals surface area contributed by atoms with Crippen molar-refractivity contribution in [3.05, 3.63) is 64.7 Å². The Bertz CT molecular complexity index is 957. The second-order valence-corrected chi connectivity index (χ2v) is 9.80. The summed E-state index contributed by atoms with van der Waals surface area (Å²) in [5.41, 5.74) is 2.54. The third kappa shape index (κ3) is 6.97. The van der Waals surface area contributed by atoms with Gasteiger partial charge in [-0.15, -0.1) is 0 Å². The lowest BCUT2D eigenvalue weighted by Gasteiger charge is -2.33. The van der Waals surface area contributed by atoms with Gasteiger partial charge >= 0.3 is 6.03 Å². The molecule has 0 aliphatic carbocycles. The number of rotatable bonds is 6. The van der Waals surface area contributed by atoms with Crippen LogP contribution in [0.5, 0.6) is 0 Å². The standard InChI is InChI=1S/C27H35ClN4O2/c28-24-10-12-25(13-11-24)30-27(34)32-17-6-9-23(20-32)21-7-5-8-22(19-21)26(33)29-14-18-31-15-3-1-2-4-16-31/h5,7-8,10-13,19,23H,1-4,6,9,14-18,20H2,(H,29,33)(H,30,34)/t23-/m1/s1. The summed E-state index contributed by atoms with van der Waals surface area (Å²) in [4.78, 5) is 29.9. The number of benzene rings is 2. The number of halogens is 1. The number of nitrogens with zero attached hydrogens (tertiary/aromatic N) is 2. The van der Waals surface area contributed by atoms with Crippen LogP contribution in [0.3, 0.4) is 0 Å². The number of hydrogen-bond donors (Lipinski definition) is 2. The van der Waals surface area contributed by atoms with Gasteiger partial charge in [0.25, 0.3) is 5.91 Å². The molecule has 3 amide bonds. The van der Waals surface area contributed by atoms with Crippen LogP contribution < -0.4 is 10.6 Å². The molecule has 0 saturated carbocycles. The molecule has 2 N–H and O–H groups in total. The third-order valence-corrected chi connectivity index (χ3v) is 7.09. The summed E-state index contributed by atoms with van der Waals surface area (Å²) in [6.07, 6.45) is 7.09. The number of carbonyl (C=O) groups excluding carboxylic acids is 2. The molecule has 2 aromatic rings. The van der Waals surface area contributed by atoms with Gasteiger partial charge in [0, 0.05) is 48.4 Å². The molecule has 2 saturated heterocycles. The van der Waals surface area contributed by atoms with Crippen molar-refractivity contribution < 1.29 is 9.59 Å². The predicted octanol–water partition coefficient (Wildman–Crippen LogP) is 5.36. The maximum absolute atomic E-state index is 12.8. The third-order valence-electron chi connectivity index (χ3n) is 6.84. The van der Waals surface area contributed by atoms with Crippen LogP contribution >= 0.6 is 11.6 Å². The monoisotopic (exact) mass is 482 g/mol. The van der Waals surface area contributed by atoms with Gasteiger partial charge in [0.15, 0.2) is 0 Å². The molecule has 2 aliphatic heterocycles. The van der Waals surface area contributed by atoms with Crippen molar-refractivity contribution in [3.8, 4) is 0 Å². The highest BCUT2D eigenvalue weighted by Gasteiger charge is 2.25. The molecule has 0 radical (unpaired) electrons. The van der Waals surface area contributed by atoms with Gasteiger partial charge in [0.1, 0.15) is 0 Å². The Morgan fingerprint density at radius 2 is 1.71 bits per heavy atom. The molecule has 0 spiro atoms. The largest absolute Gasteiger partial charge is 0.351 e. The number of piperidine rings is 1. The Morgan fingerprint density at radius 1 is 0.941 bits per heavy atom. The molecule has 1 atom stereocenters. The fourth-order valence-corrected chi connectivity index (χ4v) is 5.02. The molecule has 2 aromatic carbocycles. The maximum atomic E-state index is 12.8. The van der Waals surface area contributed by atoms with E-state index >= 15 is 0 Å². The minimum Gasteiger partial charge on any atom is -0.351 e. The molecule has 0 aromatic heterocycles. The van der Waals surface area contributed by atoms with Crippen molar-refractivity contribution in [3.63, 3.8) is 0 Å². The van der Waals surface area contributed by atoms with Crippen molar-refractivity contribution in [2.45, 2.75) is 44.4 Å². The molecule has 2 fully saturated rings. The van der Waals surface area contributed by atoms with E-state index in [1.807, 2.05) is 23.1 Å². The Hall–Kier alpha value is -2.57. The Balaban J connectivity index is 1.30. The highest BCUT2D eigenvalue weighted by molar-refractivity contribution is 6.30. The van der Waals surface area contributed by atoms with Crippen LogP contribution in [0.4, 0.5) is 10.5 Å². The molecule has 7 heteroatoms. The van der Waals surface area contributed by atoms with Crippen molar-refractivity contribution in [1.82, 2.24) is 15.1 Å². The van der Waals surface area contributed by atoms with Crippen molar-refractivity contribution in [2.75, 3.05) is 44.6 Å². The second-order valence-electron chi connectivity index (χ2n) is 9.36. The van der Waals surface area contributed by atoms with E-state index in [-0.39, 0.29) is 17.9 Å². The molecule has 34 heavy (non-hydrogen) atoms. The smallest absolute Gasteiger partial charge is 0.321 e. The molecular weight excluding hydrogens is 448 g/mol. The Morgan fingerprint density at radius 3 is 2.47 bits per heavy atom. The van der Waals surface area contributed by atoms with Crippen LogP contribution in [0.1, 0.15) is 60.4 Å². The average molecular weight is 483 g/mol. The lowest BCUT2D eigenvalue weighted by atomic mass is 9.89. The minimum absolute atomic E-state index is 0.0233. The number of hydrogen-bond acceptors (Lipinski definition) is 3. The average Bonchev–Trinajstić information content (AvgIpc) is 3.14. The lowest BCUT2D eigenvalue weighted by molar-refractivity contribution is 0.0948. The fourth-order valence-electron chi connectivity index (χ4n) is 4.89. The van der Waals surface area contributed by atoms with E-state index in [4.69, 9.17) is 11.6 Å².